The SMILES string of the molecule is CN(Cc1noc2c1CCCC2)C(=O)NC[C@@H]1CCN(c2ccccc2F)C1. The molecule has 7 heteroatoms. The molecule has 0 bridgehead atoms. The second kappa shape index (κ2) is 8.20. The number of aromatic nitrogens is 1. The second-order valence-corrected chi connectivity index (χ2v) is 7.83. The topological polar surface area (TPSA) is 61.6 Å². The van der Waals surface area contributed by atoms with Gasteiger partial charge in [-0.1, -0.05) is 17.3 Å². The lowest BCUT2D eigenvalue weighted by atomic mass is 9.96. The zero-order valence-electron chi connectivity index (χ0n) is 16.3. The van der Waals surface area contributed by atoms with Crippen molar-refractivity contribution < 1.29 is 13.7 Å². The van der Waals surface area contributed by atoms with Crippen molar-refractivity contribution in [1.82, 2.24) is 15.4 Å². The molecule has 0 saturated carbocycles. The van der Waals surface area contributed by atoms with E-state index in [0.29, 0.717) is 24.7 Å². The Balaban J connectivity index is 1.26. The van der Waals surface area contributed by atoms with Crippen LogP contribution in [0.3, 0.4) is 0 Å². The molecular weight excluding hydrogens is 359 g/mol. The van der Waals surface area contributed by atoms with Crippen molar-refractivity contribution >= 4 is 11.7 Å². The fraction of sp³-hybridized carbons (Fsp3) is 0.524. The normalized spacial score (nSPS) is 18.8. The first kappa shape index (κ1) is 18.8. The summed E-state index contributed by atoms with van der Waals surface area (Å²) in [4.78, 5) is 16.2. The smallest absolute Gasteiger partial charge is 0.317 e. The number of fused-ring (bicyclic) bond motifs is 1. The Morgan fingerprint density at radius 2 is 2.18 bits per heavy atom. The van der Waals surface area contributed by atoms with Crippen LogP contribution in [-0.4, -0.2) is 42.8 Å². The summed E-state index contributed by atoms with van der Waals surface area (Å²) in [6.45, 7) is 2.60. The predicted octanol–water partition coefficient (Wildman–Crippen LogP) is 3.36. The first-order valence-corrected chi connectivity index (χ1v) is 10.1. The van der Waals surface area contributed by atoms with Crippen molar-refractivity contribution in [2.45, 2.75) is 38.6 Å². The molecule has 1 atom stereocenters. The lowest BCUT2D eigenvalue weighted by molar-refractivity contribution is 0.204. The molecular formula is C21H27FN4O2. The molecule has 2 aliphatic rings. The van der Waals surface area contributed by atoms with Gasteiger partial charge in [0, 0.05) is 38.7 Å². The minimum atomic E-state index is -0.192. The first-order valence-electron chi connectivity index (χ1n) is 10.1. The van der Waals surface area contributed by atoms with Gasteiger partial charge in [-0.25, -0.2) is 9.18 Å². The van der Waals surface area contributed by atoms with Crippen molar-refractivity contribution in [3.63, 3.8) is 0 Å². The van der Waals surface area contributed by atoms with Gasteiger partial charge in [0.2, 0.25) is 0 Å². The van der Waals surface area contributed by atoms with Crippen LogP contribution >= 0.6 is 0 Å². The summed E-state index contributed by atoms with van der Waals surface area (Å²) < 4.78 is 19.4. The molecule has 150 valence electrons. The van der Waals surface area contributed by atoms with Gasteiger partial charge in [0.15, 0.2) is 0 Å². The Hall–Kier alpha value is -2.57. The Kier molecular flexibility index (Phi) is 5.50. The molecule has 1 aliphatic heterocycles. The van der Waals surface area contributed by atoms with E-state index in [0.717, 1.165) is 56.6 Å². The van der Waals surface area contributed by atoms with E-state index < -0.39 is 0 Å². The summed E-state index contributed by atoms with van der Waals surface area (Å²) in [5.74, 6) is 1.11. The third kappa shape index (κ3) is 3.98. The van der Waals surface area contributed by atoms with E-state index in [9.17, 15) is 9.18 Å². The number of hydrogen-bond acceptors (Lipinski definition) is 4. The minimum absolute atomic E-state index is 0.114. The number of halogens is 1. The van der Waals surface area contributed by atoms with Crippen molar-refractivity contribution in [1.29, 1.82) is 0 Å². The summed E-state index contributed by atoms with van der Waals surface area (Å²) >= 11 is 0. The highest BCUT2D eigenvalue weighted by atomic mass is 19.1. The van der Waals surface area contributed by atoms with Gasteiger partial charge in [0.25, 0.3) is 0 Å². The summed E-state index contributed by atoms with van der Waals surface area (Å²) in [6, 6.07) is 6.74. The van der Waals surface area contributed by atoms with Gasteiger partial charge in [-0.15, -0.1) is 0 Å². The number of rotatable bonds is 5. The maximum atomic E-state index is 14.0. The molecule has 2 heterocycles. The number of urea groups is 1. The molecule has 0 radical (unpaired) electrons. The molecule has 1 N–H and O–H groups in total. The number of nitrogens with one attached hydrogen (secondary N) is 1. The number of carbonyl (C=O) groups is 1. The summed E-state index contributed by atoms with van der Waals surface area (Å²) in [5.41, 5.74) is 2.70. The van der Waals surface area contributed by atoms with E-state index in [2.05, 4.69) is 15.4 Å². The standard InChI is InChI=1S/C21H27FN4O2/c1-25(14-18-16-6-2-5-9-20(16)28-24-18)21(27)23-12-15-10-11-26(13-15)19-8-4-3-7-17(19)22/h3-4,7-8,15H,2,5-6,9-14H2,1H3,(H,23,27)/t15-/m0/s1. The van der Waals surface area contributed by atoms with Crippen LogP contribution in [0.2, 0.25) is 0 Å². The third-order valence-corrected chi connectivity index (χ3v) is 5.79. The zero-order chi connectivity index (χ0) is 19.5. The summed E-state index contributed by atoms with van der Waals surface area (Å²) in [6.07, 6.45) is 5.16. The maximum absolute atomic E-state index is 14.0. The van der Waals surface area contributed by atoms with Crippen LogP contribution in [0.25, 0.3) is 0 Å². The van der Waals surface area contributed by atoms with Crippen LogP contribution in [0.1, 0.15) is 36.3 Å². The average molecular weight is 386 g/mol. The lowest BCUT2D eigenvalue weighted by Gasteiger charge is -2.21. The molecule has 28 heavy (non-hydrogen) atoms. The molecule has 4 rings (SSSR count). The Bertz CT molecular complexity index is 838. The van der Waals surface area contributed by atoms with E-state index in [1.165, 1.54) is 11.6 Å². The van der Waals surface area contributed by atoms with Crippen molar-refractivity contribution in [3.8, 4) is 0 Å². The van der Waals surface area contributed by atoms with Crippen LogP contribution in [0.15, 0.2) is 28.8 Å². The van der Waals surface area contributed by atoms with Crippen LogP contribution in [0, 0.1) is 11.7 Å². The van der Waals surface area contributed by atoms with Crippen molar-refractivity contribution in [2.75, 3.05) is 31.6 Å². The number of nitrogens with zero attached hydrogens (tertiary/aromatic N) is 3. The summed E-state index contributed by atoms with van der Waals surface area (Å²) in [5, 5.41) is 7.18. The zero-order valence-corrected chi connectivity index (χ0v) is 16.3. The number of para-hydroxylation sites is 1. The highest BCUT2D eigenvalue weighted by Gasteiger charge is 2.26. The summed E-state index contributed by atoms with van der Waals surface area (Å²) in [7, 11) is 1.78. The van der Waals surface area contributed by atoms with Gasteiger partial charge < -0.3 is 19.6 Å². The average Bonchev–Trinajstić information content (AvgIpc) is 3.34. The van der Waals surface area contributed by atoms with E-state index >= 15 is 0 Å². The molecule has 6 nitrogen and oxygen atoms in total. The number of carbonyl (C=O) groups excluding carboxylic acids is 1. The lowest BCUT2D eigenvalue weighted by Crippen LogP contribution is -2.40. The van der Waals surface area contributed by atoms with Crippen LogP contribution in [-0.2, 0) is 19.4 Å². The highest BCUT2D eigenvalue weighted by Crippen LogP contribution is 2.26. The number of hydrogen-bond donors (Lipinski definition) is 1. The fourth-order valence-electron chi connectivity index (χ4n) is 4.16. The minimum Gasteiger partial charge on any atom is -0.369 e. The molecule has 1 aromatic heterocycles. The molecule has 1 aromatic carbocycles. The van der Waals surface area contributed by atoms with Crippen LogP contribution < -0.4 is 10.2 Å². The predicted molar refractivity (Wildman–Crippen MR) is 105 cm³/mol. The van der Waals surface area contributed by atoms with Gasteiger partial charge in [-0.05, 0) is 43.7 Å². The maximum Gasteiger partial charge on any atom is 0.317 e. The molecule has 1 aliphatic carbocycles. The first-order chi connectivity index (χ1) is 13.6. The van der Waals surface area contributed by atoms with Crippen LogP contribution in [0.5, 0.6) is 0 Å². The molecule has 0 unspecified atom stereocenters. The van der Waals surface area contributed by atoms with Gasteiger partial charge >= 0.3 is 6.03 Å². The van der Waals surface area contributed by atoms with E-state index in [4.69, 9.17) is 4.52 Å². The second-order valence-electron chi connectivity index (χ2n) is 7.83. The largest absolute Gasteiger partial charge is 0.369 e. The van der Waals surface area contributed by atoms with E-state index in [1.807, 2.05) is 12.1 Å². The molecule has 0 spiro atoms. The number of anilines is 1. The molecule has 2 aromatic rings. The van der Waals surface area contributed by atoms with Crippen LogP contribution in [0.4, 0.5) is 14.9 Å². The van der Waals surface area contributed by atoms with E-state index in [-0.39, 0.29) is 11.8 Å². The van der Waals surface area contributed by atoms with Gasteiger partial charge in [0.1, 0.15) is 17.3 Å². The van der Waals surface area contributed by atoms with Gasteiger partial charge in [-0.2, -0.15) is 0 Å². The Morgan fingerprint density at radius 3 is 3.04 bits per heavy atom. The van der Waals surface area contributed by atoms with Crippen molar-refractivity contribution in [3.05, 3.63) is 47.1 Å². The molecule has 1 saturated heterocycles. The molecule has 1 fully saturated rings. The number of amides is 2. The highest BCUT2D eigenvalue weighted by molar-refractivity contribution is 5.73. The molecule has 2 amide bonds. The Labute approximate surface area is 164 Å². The van der Waals surface area contributed by atoms with Gasteiger partial charge in [0.05, 0.1) is 12.2 Å². The Morgan fingerprint density at radius 1 is 1.36 bits per heavy atom. The fourth-order valence-corrected chi connectivity index (χ4v) is 4.16. The number of benzene rings is 1. The van der Waals surface area contributed by atoms with Gasteiger partial charge in [-0.3, -0.25) is 0 Å². The van der Waals surface area contributed by atoms with Crippen molar-refractivity contribution in [2.24, 2.45) is 5.92 Å². The monoisotopic (exact) mass is 386 g/mol. The third-order valence-electron chi connectivity index (χ3n) is 5.79. The quantitative estimate of drug-likeness (QED) is 0.856. The van der Waals surface area contributed by atoms with E-state index in [1.54, 1.807) is 18.0 Å². The number of aryl methyl sites for hydroxylation is 1.